The molecule has 0 bridgehead atoms. The van der Waals surface area contributed by atoms with E-state index in [0.29, 0.717) is 11.3 Å². The van der Waals surface area contributed by atoms with E-state index in [0.717, 1.165) is 42.6 Å². The number of rotatable bonds is 6. The molecule has 240 valence electrons. The highest BCUT2D eigenvalue weighted by molar-refractivity contribution is 6.04. The molecule has 3 amide bonds. The van der Waals surface area contributed by atoms with Crippen molar-refractivity contribution >= 4 is 23.6 Å². The molecular weight excluding hydrogens is 566 g/mol. The van der Waals surface area contributed by atoms with Crippen molar-refractivity contribution in [2.75, 3.05) is 11.4 Å². The Morgan fingerprint density at radius 3 is 2.23 bits per heavy atom. The van der Waals surface area contributed by atoms with Crippen molar-refractivity contribution < 1.29 is 27.9 Å². The van der Waals surface area contributed by atoms with Gasteiger partial charge in [-0.15, -0.1) is 0 Å². The van der Waals surface area contributed by atoms with Gasteiger partial charge in [0.25, 0.3) is 11.8 Å². The van der Waals surface area contributed by atoms with Crippen LogP contribution in [0.2, 0.25) is 0 Å². The van der Waals surface area contributed by atoms with E-state index in [1.807, 2.05) is 12.1 Å². The number of nitrogens with zero attached hydrogens (tertiary/aromatic N) is 3. The SMILES string of the molecule is CC(C)(C)OC(=O)N1CC(F)(F)CCC1C(=O)N(c1ccc(C(C)(C)C)cc1)C(C(=O)NC1CCCCC1)c1cccnc1. The first kappa shape index (κ1) is 33.3. The van der Waals surface area contributed by atoms with Crippen molar-refractivity contribution in [1.82, 2.24) is 15.2 Å². The lowest BCUT2D eigenvalue weighted by molar-refractivity contribution is -0.135. The first-order chi connectivity index (χ1) is 20.6. The maximum atomic E-state index is 14.7. The van der Waals surface area contributed by atoms with Crippen LogP contribution >= 0.6 is 0 Å². The third kappa shape index (κ3) is 8.33. The van der Waals surface area contributed by atoms with Crippen LogP contribution in [0, 0.1) is 0 Å². The third-order valence-corrected chi connectivity index (χ3v) is 8.18. The number of anilines is 1. The quantitative estimate of drug-likeness (QED) is 0.382. The van der Waals surface area contributed by atoms with Gasteiger partial charge < -0.3 is 10.1 Å². The first-order valence-corrected chi connectivity index (χ1v) is 15.6. The summed E-state index contributed by atoms with van der Waals surface area (Å²) < 4.78 is 34.9. The van der Waals surface area contributed by atoms with E-state index in [1.165, 1.54) is 11.1 Å². The van der Waals surface area contributed by atoms with Crippen LogP contribution in [0.15, 0.2) is 48.8 Å². The molecule has 0 spiro atoms. The smallest absolute Gasteiger partial charge is 0.411 e. The van der Waals surface area contributed by atoms with Crippen molar-refractivity contribution in [2.24, 2.45) is 0 Å². The number of aromatic nitrogens is 1. The monoisotopic (exact) mass is 612 g/mol. The lowest BCUT2D eigenvalue weighted by atomic mass is 9.87. The number of hydrogen-bond acceptors (Lipinski definition) is 5. The van der Waals surface area contributed by atoms with Crippen LogP contribution in [0.3, 0.4) is 0 Å². The van der Waals surface area contributed by atoms with Gasteiger partial charge in [0.1, 0.15) is 17.7 Å². The molecule has 8 nitrogen and oxygen atoms in total. The van der Waals surface area contributed by atoms with Crippen LogP contribution in [0.1, 0.15) is 104 Å². The summed E-state index contributed by atoms with van der Waals surface area (Å²) in [5, 5.41) is 3.15. The molecule has 1 aliphatic heterocycles. The molecule has 2 unspecified atom stereocenters. The zero-order valence-electron chi connectivity index (χ0n) is 26.7. The molecular formula is C34H46F2N4O4. The number of carbonyl (C=O) groups is 3. The van der Waals surface area contributed by atoms with Crippen LogP contribution in [0.4, 0.5) is 19.3 Å². The van der Waals surface area contributed by atoms with Gasteiger partial charge in [-0.25, -0.2) is 13.6 Å². The van der Waals surface area contributed by atoms with Gasteiger partial charge in [-0.2, -0.15) is 0 Å². The average molecular weight is 613 g/mol. The Labute approximate surface area is 259 Å². The summed E-state index contributed by atoms with van der Waals surface area (Å²) >= 11 is 0. The number of amides is 3. The van der Waals surface area contributed by atoms with Crippen molar-refractivity contribution in [2.45, 2.75) is 122 Å². The van der Waals surface area contributed by atoms with Crippen molar-refractivity contribution in [3.63, 3.8) is 0 Å². The van der Waals surface area contributed by atoms with Gasteiger partial charge in [-0.3, -0.25) is 24.4 Å². The molecule has 0 radical (unpaired) electrons. The van der Waals surface area contributed by atoms with Gasteiger partial charge in [0.15, 0.2) is 0 Å². The second-order valence-corrected chi connectivity index (χ2v) is 14.1. The number of piperidine rings is 1. The van der Waals surface area contributed by atoms with Gasteiger partial charge in [0, 0.05) is 36.1 Å². The normalized spacial score (nSPS) is 20.0. The maximum Gasteiger partial charge on any atom is 0.411 e. The fraction of sp³-hybridized carbons (Fsp3) is 0.588. The number of benzene rings is 1. The van der Waals surface area contributed by atoms with E-state index in [2.05, 4.69) is 31.1 Å². The Morgan fingerprint density at radius 2 is 1.66 bits per heavy atom. The number of ether oxygens (including phenoxy) is 1. The van der Waals surface area contributed by atoms with Gasteiger partial charge in [0.2, 0.25) is 5.91 Å². The number of carbonyl (C=O) groups excluding carboxylic acids is 3. The summed E-state index contributed by atoms with van der Waals surface area (Å²) in [4.78, 5) is 48.6. The predicted octanol–water partition coefficient (Wildman–Crippen LogP) is 6.94. The minimum atomic E-state index is -3.19. The van der Waals surface area contributed by atoms with Gasteiger partial charge in [-0.05, 0) is 69.2 Å². The Morgan fingerprint density at radius 1 is 1.00 bits per heavy atom. The Hall–Kier alpha value is -3.56. The molecule has 1 saturated carbocycles. The topological polar surface area (TPSA) is 91.8 Å². The Kier molecular flexibility index (Phi) is 10.0. The maximum absolute atomic E-state index is 14.7. The van der Waals surface area contributed by atoms with Crippen LogP contribution < -0.4 is 10.2 Å². The molecule has 1 aromatic carbocycles. The highest BCUT2D eigenvalue weighted by atomic mass is 19.3. The summed E-state index contributed by atoms with van der Waals surface area (Å²) in [5.41, 5.74) is 0.775. The number of halogens is 2. The largest absolute Gasteiger partial charge is 0.444 e. The van der Waals surface area contributed by atoms with Crippen molar-refractivity contribution in [3.05, 3.63) is 59.9 Å². The molecule has 2 aromatic rings. The number of pyridine rings is 1. The van der Waals surface area contributed by atoms with Crippen molar-refractivity contribution in [1.29, 1.82) is 0 Å². The number of nitrogens with one attached hydrogen (secondary N) is 1. The molecule has 2 heterocycles. The molecule has 1 N–H and O–H groups in total. The lowest BCUT2D eigenvalue weighted by Crippen LogP contribution is -2.60. The molecule has 2 atom stereocenters. The highest BCUT2D eigenvalue weighted by Crippen LogP contribution is 2.37. The van der Waals surface area contributed by atoms with Crippen LogP contribution in [0.25, 0.3) is 0 Å². The molecule has 1 aromatic heterocycles. The van der Waals surface area contributed by atoms with E-state index in [-0.39, 0.29) is 23.8 Å². The highest BCUT2D eigenvalue weighted by Gasteiger charge is 2.49. The summed E-state index contributed by atoms with van der Waals surface area (Å²) in [6, 6.07) is 8.29. The minimum absolute atomic E-state index is 0.0396. The van der Waals surface area contributed by atoms with E-state index >= 15 is 0 Å². The van der Waals surface area contributed by atoms with Gasteiger partial charge >= 0.3 is 6.09 Å². The third-order valence-electron chi connectivity index (χ3n) is 8.18. The zero-order chi connectivity index (χ0) is 32.3. The molecule has 10 heteroatoms. The molecule has 1 aliphatic carbocycles. The summed E-state index contributed by atoms with van der Waals surface area (Å²) in [6.45, 7) is 10.2. The molecule has 1 saturated heterocycles. The molecule has 44 heavy (non-hydrogen) atoms. The number of likely N-dealkylation sites (tertiary alicyclic amines) is 1. The summed E-state index contributed by atoms with van der Waals surface area (Å²) in [7, 11) is 0. The van der Waals surface area contributed by atoms with Gasteiger partial charge in [0.05, 0.1) is 6.54 Å². The minimum Gasteiger partial charge on any atom is -0.444 e. The Balaban J connectivity index is 1.82. The molecule has 4 rings (SSSR count). The van der Waals surface area contributed by atoms with E-state index in [4.69, 9.17) is 4.74 Å². The van der Waals surface area contributed by atoms with E-state index < -0.39 is 48.6 Å². The van der Waals surface area contributed by atoms with Crippen LogP contribution in [-0.4, -0.2) is 57.9 Å². The molecule has 2 aliphatic rings. The fourth-order valence-corrected chi connectivity index (χ4v) is 5.88. The predicted molar refractivity (Wildman–Crippen MR) is 166 cm³/mol. The number of hydrogen-bond donors (Lipinski definition) is 1. The average Bonchev–Trinajstić information content (AvgIpc) is 2.94. The summed E-state index contributed by atoms with van der Waals surface area (Å²) in [5.74, 6) is -4.21. The summed E-state index contributed by atoms with van der Waals surface area (Å²) in [6.07, 6.45) is 6.04. The van der Waals surface area contributed by atoms with Gasteiger partial charge in [-0.1, -0.05) is 58.2 Å². The second-order valence-electron chi connectivity index (χ2n) is 14.1. The lowest BCUT2D eigenvalue weighted by Gasteiger charge is -2.42. The van der Waals surface area contributed by atoms with Crippen LogP contribution in [0.5, 0.6) is 0 Å². The standard InChI is InChI=1S/C34H46F2N4O4/c1-32(2,3)24-14-16-26(17-15-24)40(28(23-11-10-20-37-21-23)29(41)38-25-12-8-7-9-13-25)30(42)27-18-19-34(35,36)22-39(27)31(43)44-33(4,5)6/h10-11,14-17,20-21,25,27-28H,7-9,12-13,18-19,22H2,1-6H3,(H,38,41). The van der Waals surface area contributed by atoms with Crippen LogP contribution in [-0.2, 0) is 19.7 Å². The van der Waals surface area contributed by atoms with E-state index in [9.17, 15) is 23.2 Å². The van der Waals surface area contributed by atoms with E-state index in [1.54, 1.807) is 51.2 Å². The second kappa shape index (κ2) is 13.2. The Bertz CT molecular complexity index is 1300. The first-order valence-electron chi connectivity index (χ1n) is 15.6. The van der Waals surface area contributed by atoms with Crippen molar-refractivity contribution in [3.8, 4) is 0 Å². The molecule has 2 fully saturated rings. The fourth-order valence-electron chi connectivity index (χ4n) is 5.88. The number of alkyl halides is 2. The zero-order valence-corrected chi connectivity index (χ0v) is 26.7.